The first-order chi connectivity index (χ1) is 8.68. The molecule has 9 nitrogen and oxygen atoms in total. The highest BCUT2D eigenvalue weighted by molar-refractivity contribution is 6.15. The summed E-state index contributed by atoms with van der Waals surface area (Å²) in [6.45, 7) is 0. The van der Waals surface area contributed by atoms with Crippen LogP contribution in [0.15, 0.2) is 6.07 Å². The van der Waals surface area contributed by atoms with Crippen molar-refractivity contribution in [1.82, 2.24) is 0 Å². The van der Waals surface area contributed by atoms with Crippen molar-refractivity contribution in [3.63, 3.8) is 0 Å². The van der Waals surface area contributed by atoms with Gasteiger partial charge in [0.05, 0.1) is 16.7 Å². The van der Waals surface area contributed by atoms with Crippen LogP contribution in [0.25, 0.3) is 0 Å². The third-order valence-electron chi connectivity index (χ3n) is 2.18. The van der Waals surface area contributed by atoms with Crippen LogP contribution in [0.3, 0.4) is 0 Å². The number of aromatic carboxylic acids is 4. The van der Waals surface area contributed by atoms with Gasteiger partial charge < -0.3 is 25.5 Å². The van der Waals surface area contributed by atoms with Gasteiger partial charge in [-0.05, 0) is 6.07 Å². The van der Waals surface area contributed by atoms with Gasteiger partial charge in [-0.2, -0.15) is 0 Å². The average molecular weight is 270 g/mol. The topological polar surface area (TPSA) is 169 Å². The first-order valence-electron chi connectivity index (χ1n) is 4.51. The van der Waals surface area contributed by atoms with Gasteiger partial charge in [0.15, 0.2) is 0 Å². The zero-order valence-corrected chi connectivity index (χ0v) is 8.95. The van der Waals surface area contributed by atoms with Gasteiger partial charge >= 0.3 is 23.9 Å². The Kier molecular flexibility index (Phi) is 3.41. The van der Waals surface area contributed by atoms with Crippen molar-refractivity contribution >= 4 is 23.9 Å². The molecule has 1 aromatic rings. The molecule has 1 rings (SSSR count). The van der Waals surface area contributed by atoms with Gasteiger partial charge in [0.25, 0.3) is 0 Å². The van der Waals surface area contributed by atoms with Crippen molar-refractivity contribution in [3.8, 4) is 5.75 Å². The van der Waals surface area contributed by atoms with Crippen LogP contribution in [0, 0.1) is 0 Å². The van der Waals surface area contributed by atoms with Crippen LogP contribution in [0.5, 0.6) is 5.75 Å². The molecule has 0 aliphatic heterocycles. The van der Waals surface area contributed by atoms with E-state index in [0.717, 1.165) is 0 Å². The van der Waals surface area contributed by atoms with Gasteiger partial charge in [-0.1, -0.05) is 0 Å². The molecular formula is C10H6O9. The van der Waals surface area contributed by atoms with E-state index in [2.05, 4.69) is 0 Å². The Labute approximate surface area is 104 Å². The molecule has 0 saturated heterocycles. The molecule has 0 bridgehead atoms. The van der Waals surface area contributed by atoms with Crippen LogP contribution in [0.4, 0.5) is 0 Å². The Morgan fingerprint density at radius 2 is 1.11 bits per heavy atom. The number of carbonyl (C=O) groups is 4. The van der Waals surface area contributed by atoms with E-state index in [-0.39, 0.29) is 0 Å². The average Bonchev–Trinajstić information content (AvgIpc) is 2.25. The van der Waals surface area contributed by atoms with Crippen LogP contribution in [0.1, 0.15) is 41.4 Å². The molecule has 100 valence electrons. The second-order valence-corrected chi connectivity index (χ2v) is 3.29. The number of aromatic hydroxyl groups is 1. The molecule has 1 aromatic carbocycles. The van der Waals surface area contributed by atoms with Gasteiger partial charge in [-0.15, -0.1) is 0 Å². The number of carboxylic acid groups (broad SMARTS) is 4. The van der Waals surface area contributed by atoms with E-state index >= 15 is 0 Å². The Bertz CT molecular complexity index is 614. The highest BCUT2D eigenvalue weighted by atomic mass is 16.4. The molecule has 0 aliphatic carbocycles. The van der Waals surface area contributed by atoms with Crippen molar-refractivity contribution in [2.24, 2.45) is 0 Å². The predicted molar refractivity (Wildman–Crippen MR) is 55.9 cm³/mol. The fourth-order valence-corrected chi connectivity index (χ4v) is 1.49. The molecule has 0 aromatic heterocycles. The summed E-state index contributed by atoms with van der Waals surface area (Å²) in [4.78, 5) is 43.5. The first-order valence-corrected chi connectivity index (χ1v) is 4.51. The van der Waals surface area contributed by atoms with E-state index in [0.29, 0.717) is 6.07 Å². The number of benzene rings is 1. The monoisotopic (exact) mass is 270 g/mol. The maximum Gasteiger partial charge on any atom is 0.340 e. The Balaban J connectivity index is 3.98. The Morgan fingerprint density at radius 3 is 1.42 bits per heavy atom. The van der Waals surface area contributed by atoms with E-state index in [1.807, 2.05) is 0 Å². The summed E-state index contributed by atoms with van der Waals surface area (Å²) in [5.41, 5.74) is -4.71. The fourth-order valence-electron chi connectivity index (χ4n) is 1.49. The van der Waals surface area contributed by atoms with Crippen molar-refractivity contribution in [3.05, 3.63) is 28.3 Å². The lowest BCUT2D eigenvalue weighted by molar-refractivity contribution is 0.0617. The lowest BCUT2D eigenvalue weighted by Gasteiger charge is -2.10. The van der Waals surface area contributed by atoms with E-state index in [1.54, 1.807) is 0 Å². The molecule has 19 heavy (non-hydrogen) atoms. The number of carboxylic acids is 4. The maximum absolute atomic E-state index is 10.9. The molecule has 0 amide bonds. The SMILES string of the molecule is O=C(O)c1cc(O)c(C(=O)O)c(C(=O)O)c1C(=O)O. The number of phenols is 1. The van der Waals surface area contributed by atoms with E-state index in [9.17, 15) is 24.3 Å². The van der Waals surface area contributed by atoms with Crippen molar-refractivity contribution < 1.29 is 44.7 Å². The summed E-state index contributed by atoms with van der Waals surface area (Å²) < 4.78 is 0. The molecule has 0 spiro atoms. The van der Waals surface area contributed by atoms with Crippen molar-refractivity contribution in [2.45, 2.75) is 0 Å². The molecule has 0 fully saturated rings. The molecule has 9 heteroatoms. The summed E-state index contributed by atoms with van der Waals surface area (Å²) in [6, 6.07) is 0.377. The van der Waals surface area contributed by atoms with Crippen molar-refractivity contribution in [1.29, 1.82) is 0 Å². The number of rotatable bonds is 4. The van der Waals surface area contributed by atoms with E-state index in [4.69, 9.17) is 20.4 Å². The minimum atomic E-state index is -1.98. The third kappa shape index (κ3) is 2.29. The van der Waals surface area contributed by atoms with Gasteiger partial charge in [-0.25, -0.2) is 19.2 Å². The van der Waals surface area contributed by atoms with Gasteiger partial charge in [-0.3, -0.25) is 0 Å². The summed E-state index contributed by atoms with van der Waals surface area (Å²) in [5, 5.41) is 44.6. The molecule has 0 radical (unpaired) electrons. The molecule has 0 saturated carbocycles. The predicted octanol–water partition coefficient (Wildman–Crippen LogP) is 0.185. The lowest BCUT2D eigenvalue weighted by atomic mass is 9.94. The number of hydrogen-bond donors (Lipinski definition) is 5. The summed E-state index contributed by atoms with van der Waals surface area (Å²) in [5.74, 6) is -8.76. The van der Waals surface area contributed by atoms with Crippen LogP contribution < -0.4 is 0 Å². The molecule has 0 atom stereocenters. The zero-order valence-electron chi connectivity index (χ0n) is 8.95. The summed E-state index contributed by atoms with van der Waals surface area (Å²) >= 11 is 0. The van der Waals surface area contributed by atoms with Gasteiger partial charge in [0.2, 0.25) is 0 Å². The highest BCUT2D eigenvalue weighted by Gasteiger charge is 2.32. The minimum Gasteiger partial charge on any atom is -0.507 e. The van der Waals surface area contributed by atoms with Crippen LogP contribution in [-0.2, 0) is 0 Å². The molecule has 0 aliphatic rings. The second-order valence-electron chi connectivity index (χ2n) is 3.29. The molecule has 5 N–H and O–H groups in total. The van der Waals surface area contributed by atoms with Crippen LogP contribution >= 0.6 is 0 Å². The van der Waals surface area contributed by atoms with Gasteiger partial charge in [0.1, 0.15) is 11.3 Å². The standard InChI is InChI=1S/C10H6O9/c11-3-1-2(7(12)13)4(8(14)15)6(10(18)19)5(3)9(16)17/h1,11H,(H,12,13)(H,14,15)(H,16,17)(H,18,19). The third-order valence-corrected chi connectivity index (χ3v) is 2.18. The largest absolute Gasteiger partial charge is 0.507 e. The van der Waals surface area contributed by atoms with Crippen LogP contribution in [0.2, 0.25) is 0 Å². The highest BCUT2D eigenvalue weighted by Crippen LogP contribution is 2.29. The summed E-state index contributed by atoms with van der Waals surface area (Å²) in [7, 11) is 0. The van der Waals surface area contributed by atoms with Crippen LogP contribution in [-0.4, -0.2) is 49.4 Å². The molecular weight excluding hydrogens is 264 g/mol. The normalized spacial score (nSPS) is 9.89. The zero-order chi connectivity index (χ0) is 14.9. The van der Waals surface area contributed by atoms with Crippen molar-refractivity contribution in [2.75, 3.05) is 0 Å². The molecule has 0 heterocycles. The first kappa shape index (κ1) is 14.0. The fraction of sp³-hybridized carbons (Fsp3) is 0. The lowest BCUT2D eigenvalue weighted by Crippen LogP contribution is -2.19. The van der Waals surface area contributed by atoms with E-state index < -0.39 is 51.9 Å². The Morgan fingerprint density at radius 1 is 0.684 bits per heavy atom. The minimum absolute atomic E-state index is 0.377. The van der Waals surface area contributed by atoms with E-state index in [1.165, 1.54) is 0 Å². The van der Waals surface area contributed by atoms with Gasteiger partial charge in [0, 0.05) is 0 Å². The molecule has 0 unspecified atom stereocenters. The summed E-state index contributed by atoms with van der Waals surface area (Å²) in [6.07, 6.45) is 0. The smallest absolute Gasteiger partial charge is 0.340 e. The second kappa shape index (κ2) is 4.64. The maximum atomic E-state index is 10.9. The quantitative estimate of drug-likeness (QED) is 0.512. The number of hydrogen-bond acceptors (Lipinski definition) is 5. The Hall–Kier alpha value is -3.10.